The van der Waals surface area contributed by atoms with Crippen LogP contribution in [0.4, 0.5) is 4.79 Å². The van der Waals surface area contributed by atoms with E-state index in [1.165, 1.54) is 0 Å². The molecule has 0 radical (unpaired) electrons. The summed E-state index contributed by atoms with van der Waals surface area (Å²) in [6, 6.07) is 0. The molecule has 0 aliphatic carbocycles. The first-order chi connectivity index (χ1) is 7.22. The zero-order valence-electron chi connectivity index (χ0n) is 9.28. The molecule has 5 nitrogen and oxygen atoms in total. The molecule has 1 aliphatic heterocycles. The number of hydrogen-bond donors (Lipinski definition) is 1. The average molecular weight is 216 g/mol. The summed E-state index contributed by atoms with van der Waals surface area (Å²) in [5.41, 5.74) is 4.91. The molecule has 5 heteroatoms. The van der Waals surface area contributed by atoms with Crippen LogP contribution in [0.2, 0.25) is 0 Å². The zero-order valence-corrected chi connectivity index (χ0v) is 9.28. The predicted octanol–water partition coefficient (Wildman–Crippen LogP) is 0.440. The Morgan fingerprint density at radius 3 is 2.67 bits per heavy atom. The normalized spacial score (nSPS) is 19.0. The monoisotopic (exact) mass is 216 g/mol. The standard InChI is InChI=1S/C10H20N2O3/c1-14-7-6-12-4-2-9(3-5-12)8-15-10(11)13/h9H,2-8H2,1H3,(H2,11,13). The molecule has 1 amide bonds. The lowest BCUT2D eigenvalue weighted by atomic mass is 9.98. The fourth-order valence-electron chi connectivity index (χ4n) is 1.80. The molecule has 1 rings (SSSR count). The van der Waals surface area contributed by atoms with Crippen LogP contribution in [0.3, 0.4) is 0 Å². The number of rotatable bonds is 5. The first-order valence-electron chi connectivity index (χ1n) is 5.36. The second kappa shape index (κ2) is 6.63. The number of primary amides is 1. The molecule has 1 saturated heterocycles. The summed E-state index contributed by atoms with van der Waals surface area (Å²) in [4.78, 5) is 12.8. The maximum absolute atomic E-state index is 10.4. The van der Waals surface area contributed by atoms with Gasteiger partial charge in [-0.3, -0.25) is 0 Å². The van der Waals surface area contributed by atoms with E-state index in [4.69, 9.17) is 15.2 Å². The second-order valence-corrected chi connectivity index (χ2v) is 3.91. The van der Waals surface area contributed by atoms with Crippen molar-refractivity contribution in [1.82, 2.24) is 4.90 Å². The fourth-order valence-corrected chi connectivity index (χ4v) is 1.80. The highest BCUT2D eigenvalue weighted by Gasteiger charge is 2.19. The Kier molecular flexibility index (Phi) is 5.42. The minimum atomic E-state index is -0.670. The van der Waals surface area contributed by atoms with Crippen molar-refractivity contribution in [1.29, 1.82) is 0 Å². The van der Waals surface area contributed by atoms with E-state index < -0.39 is 6.09 Å². The van der Waals surface area contributed by atoms with Gasteiger partial charge in [0.05, 0.1) is 13.2 Å². The van der Waals surface area contributed by atoms with Crippen molar-refractivity contribution in [2.24, 2.45) is 11.7 Å². The Morgan fingerprint density at radius 1 is 1.47 bits per heavy atom. The van der Waals surface area contributed by atoms with Crippen molar-refractivity contribution in [2.45, 2.75) is 12.8 Å². The zero-order chi connectivity index (χ0) is 11.1. The van der Waals surface area contributed by atoms with E-state index in [0.29, 0.717) is 12.5 Å². The van der Waals surface area contributed by atoms with Crippen molar-refractivity contribution in [2.75, 3.05) is 40.0 Å². The van der Waals surface area contributed by atoms with Crippen LogP contribution in [0.25, 0.3) is 0 Å². The first-order valence-corrected chi connectivity index (χ1v) is 5.36. The number of nitrogens with two attached hydrogens (primary N) is 1. The highest BCUT2D eigenvalue weighted by Crippen LogP contribution is 2.16. The van der Waals surface area contributed by atoms with E-state index in [-0.39, 0.29) is 0 Å². The van der Waals surface area contributed by atoms with E-state index in [2.05, 4.69) is 4.90 Å². The number of carbonyl (C=O) groups is 1. The summed E-state index contributed by atoms with van der Waals surface area (Å²) in [6.07, 6.45) is 1.46. The molecule has 1 fully saturated rings. The van der Waals surface area contributed by atoms with Crippen LogP contribution in [0.1, 0.15) is 12.8 Å². The number of likely N-dealkylation sites (tertiary alicyclic amines) is 1. The van der Waals surface area contributed by atoms with Crippen molar-refractivity contribution >= 4 is 6.09 Å². The second-order valence-electron chi connectivity index (χ2n) is 3.91. The summed E-state index contributed by atoms with van der Waals surface area (Å²) in [5, 5.41) is 0. The number of methoxy groups -OCH3 is 1. The van der Waals surface area contributed by atoms with Gasteiger partial charge in [-0.25, -0.2) is 4.79 Å². The molecule has 88 valence electrons. The number of ether oxygens (including phenoxy) is 2. The van der Waals surface area contributed by atoms with Gasteiger partial charge in [-0.05, 0) is 31.8 Å². The average Bonchev–Trinajstić information content (AvgIpc) is 2.25. The third-order valence-electron chi connectivity index (χ3n) is 2.78. The third kappa shape index (κ3) is 4.99. The molecular formula is C10H20N2O3. The Labute approximate surface area is 90.5 Å². The van der Waals surface area contributed by atoms with Crippen LogP contribution >= 0.6 is 0 Å². The molecule has 1 heterocycles. The summed E-state index contributed by atoms with van der Waals surface area (Å²) < 4.78 is 9.82. The summed E-state index contributed by atoms with van der Waals surface area (Å²) >= 11 is 0. The molecule has 0 aromatic carbocycles. The minimum Gasteiger partial charge on any atom is -0.449 e. The summed E-state index contributed by atoms with van der Waals surface area (Å²) in [7, 11) is 1.72. The molecular weight excluding hydrogens is 196 g/mol. The van der Waals surface area contributed by atoms with Gasteiger partial charge in [0.2, 0.25) is 0 Å². The van der Waals surface area contributed by atoms with E-state index in [1.54, 1.807) is 7.11 Å². The number of nitrogens with zero attached hydrogens (tertiary/aromatic N) is 1. The first kappa shape index (κ1) is 12.3. The SMILES string of the molecule is COCCN1CCC(COC(N)=O)CC1. The molecule has 2 N–H and O–H groups in total. The highest BCUT2D eigenvalue weighted by molar-refractivity contribution is 5.64. The lowest BCUT2D eigenvalue weighted by Gasteiger charge is -2.31. The lowest BCUT2D eigenvalue weighted by Crippen LogP contribution is -2.37. The quantitative estimate of drug-likeness (QED) is 0.724. The Balaban J connectivity index is 2.09. The third-order valence-corrected chi connectivity index (χ3v) is 2.78. The number of amides is 1. The maximum atomic E-state index is 10.4. The Bertz CT molecular complexity index is 191. The van der Waals surface area contributed by atoms with Crippen molar-refractivity contribution < 1.29 is 14.3 Å². The van der Waals surface area contributed by atoms with Gasteiger partial charge in [-0.15, -0.1) is 0 Å². The van der Waals surface area contributed by atoms with Crippen molar-refractivity contribution in [3.63, 3.8) is 0 Å². The highest BCUT2D eigenvalue weighted by atomic mass is 16.5. The maximum Gasteiger partial charge on any atom is 0.404 e. The minimum absolute atomic E-state index is 0.466. The molecule has 0 aromatic heterocycles. The summed E-state index contributed by atoms with van der Waals surface area (Å²) in [5.74, 6) is 0.469. The van der Waals surface area contributed by atoms with Crippen LogP contribution in [-0.4, -0.2) is 51.0 Å². The molecule has 15 heavy (non-hydrogen) atoms. The molecule has 0 aromatic rings. The molecule has 0 bridgehead atoms. The van der Waals surface area contributed by atoms with Crippen LogP contribution in [0.5, 0.6) is 0 Å². The van der Waals surface area contributed by atoms with Gasteiger partial charge in [0.15, 0.2) is 0 Å². The number of piperidine rings is 1. The van der Waals surface area contributed by atoms with E-state index >= 15 is 0 Å². The Hall–Kier alpha value is -0.810. The number of carbonyl (C=O) groups excluding carboxylic acids is 1. The molecule has 0 spiro atoms. The van der Waals surface area contributed by atoms with Crippen LogP contribution in [-0.2, 0) is 9.47 Å². The predicted molar refractivity (Wildman–Crippen MR) is 56.6 cm³/mol. The fraction of sp³-hybridized carbons (Fsp3) is 0.900. The van der Waals surface area contributed by atoms with E-state index in [0.717, 1.165) is 39.1 Å². The topological polar surface area (TPSA) is 64.8 Å². The Morgan fingerprint density at radius 2 is 2.13 bits per heavy atom. The van der Waals surface area contributed by atoms with Crippen LogP contribution in [0.15, 0.2) is 0 Å². The lowest BCUT2D eigenvalue weighted by molar-refractivity contribution is 0.0870. The molecule has 0 atom stereocenters. The summed E-state index contributed by atoms with van der Waals surface area (Å²) in [6.45, 7) is 4.34. The van der Waals surface area contributed by atoms with Gasteiger partial charge in [0, 0.05) is 13.7 Å². The smallest absolute Gasteiger partial charge is 0.404 e. The number of hydrogen-bond acceptors (Lipinski definition) is 4. The van der Waals surface area contributed by atoms with Gasteiger partial charge in [-0.2, -0.15) is 0 Å². The van der Waals surface area contributed by atoms with Crippen LogP contribution in [0, 0.1) is 5.92 Å². The van der Waals surface area contributed by atoms with E-state index in [9.17, 15) is 4.79 Å². The van der Waals surface area contributed by atoms with Gasteiger partial charge < -0.3 is 20.1 Å². The van der Waals surface area contributed by atoms with Crippen molar-refractivity contribution in [3.8, 4) is 0 Å². The van der Waals surface area contributed by atoms with Gasteiger partial charge in [-0.1, -0.05) is 0 Å². The van der Waals surface area contributed by atoms with Gasteiger partial charge >= 0.3 is 6.09 Å². The van der Waals surface area contributed by atoms with E-state index in [1.807, 2.05) is 0 Å². The van der Waals surface area contributed by atoms with Gasteiger partial charge in [0.25, 0.3) is 0 Å². The van der Waals surface area contributed by atoms with Gasteiger partial charge in [0.1, 0.15) is 0 Å². The van der Waals surface area contributed by atoms with Crippen LogP contribution < -0.4 is 5.73 Å². The molecule has 0 saturated carbocycles. The largest absolute Gasteiger partial charge is 0.449 e. The molecule has 1 aliphatic rings. The molecule has 0 unspecified atom stereocenters. The van der Waals surface area contributed by atoms with Crippen molar-refractivity contribution in [3.05, 3.63) is 0 Å².